The van der Waals surface area contributed by atoms with Gasteiger partial charge in [-0.3, -0.25) is 14.5 Å². The first-order valence-corrected chi connectivity index (χ1v) is 9.02. The molecule has 3 rings (SSSR count). The van der Waals surface area contributed by atoms with Crippen LogP contribution in [-0.2, 0) is 14.8 Å². The van der Waals surface area contributed by atoms with E-state index in [4.69, 9.17) is 0 Å². The molecule has 25 heavy (non-hydrogen) atoms. The molecule has 0 aliphatic carbocycles. The number of hydrogen-bond acceptors (Lipinski definition) is 4. The van der Waals surface area contributed by atoms with Gasteiger partial charge in [0.15, 0.2) is 0 Å². The zero-order chi connectivity index (χ0) is 17.7. The van der Waals surface area contributed by atoms with Crippen LogP contribution in [-0.4, -0.2) is 33.3 Å². The van der Waals surface area contributed by atoms with Gasteiger partial charge < -0.3 is 5.32 Å². The molecular formula is C18H15N3O3S. The first-order chi connectivity index (χ1) is 12.1. The van der Waals surface area contributed by atoms with Gasteiger partial charge in [0.1, 0.15) is 12.4 Å². The van der Waals surface area contributed by atoms with E-state index in [-0.39, 0.29) is 29.7 Å². The van der Waals surface area contributed by atoms with Crippen molar-refractivity contribution < 1.29 is 13.2 Å². The zero-order valence-corrected chi connectivity index (χ0v) is 14.0. The van der Waals surface area contributed by atoms with E-state index in [1.807, 2.05) is 30.3 Å². The number of sulfonamides is 1. The number of carbonyl (C=O) groups is 1. The lowest BCUT2D eigenvalue weighted by atomic mass is 10.2. The summed E-state index contributed by atoms with van der Waals surface area (Å²) in [5, 5.41) is 2.62. The van der Waals surface area contributed by atoms with Gasteiger partial charge in [0.05, 0.1) is 11.4 Å². The van der Waals surface area contributed by atoms with Crippen LogP contribution in [0.3, 0.4) is 0 Å². The van der Waals surface area contributed by atoms with Crippen molar-refractivity contribution >= 4 is 21.8 Å². The van der Waals surface area contributed by atoms with E-state index in [2.05, 4.69) is 26.9 Å². The highest BCUT2D eigenvalue weighted by atomic mass is 32.2. The summed E-state index contributed by atoms with van der Waals surface area (Å²) >= 11 is 0. The van der Waals surface area contributed by atoms with Crippen LogP contribution in [0.1, 0.15) is 11.1 Å². The second-order valence-corrected chi connectivity index (χ2v) is 6.86. The Morgan fingerprint density at radius 1 is 1.08 bits per heavy atom. The number of nitrogens with one attached hydrogen (secondary N) is 2. The number of amides is 1. The Morgan fingerprint density at radius 2 is 1.80 bits per heavy atom. The average molecular weight is 353 g/mol. The summed E-state index contributed by atoms with van der Waals surface area (Å²) in [6.07, 6.45) is 0. The molecule has 2 N–H and O–H groups in total. The number of fused-ring (bicyclic) bond motifs is 1. The smallest absolute Gasteiger partial charge is 0.263 e. The molecule has 126 valence electrons. The van der Waals surface area contributed by atoms with Crippen molar-refractivity contribution in [2.45, 2.75) is 4.90 Å². The van der Waals surface area contributed by atoms with Crippen LogP contribution in [0.2, 0.25) is 0 Å². The molecule has 1 heterocycles. The summed E-state index contributed by atoms with van der Waals surface area (Å²) in [4.78, 5) is 16.1. The van der Waals surface area contributed by atoms with Gasteiger partial charge in [-0.2, -0.15) is 0 Å². The van der Waals surface area contributed by atoms with Gasteiger partial charge in [-0.1, -0.05) is 42.2 Å². The van der Waals surface area contributed by atoms with Crippen molar-refractivity contribution in [3.05, 3.63) is 65.7 Å². The highest BCUT2D eigenvalue weighted by Gasteiger charge is 2.30. The van der Waals surface area contributed by atoms with Crippen molar-refractivity contribution in [3.63, 3.8) is 0 Å². The van der Waals surface area contributed by atoms with Crippen LogP contribution in [0, 0.1) is 11.8 Å². The largest absolute Gasteiger partial charge is 0.344 e. The van der Waals surface area contributed by atoms with Gasteiger partial charge in [0.2, 0.25) is 5.91 Å². The third-order valence-electron chi connectivity index (χ3n) is 3.42. The van der Waals surface area contributed by atoms with Gasteiger partial charge in [-0.25, -0.2) is 8.42 Å². The van der Waals surface area contributed by atoms with E-state index in [1.54, 1.807) is 18.2 Å². The first-order valence-electron chi connectivity index (χ1n) is 7.53. The molecule has 0 unspecified atom stereocenters. The fourth-order valence-electron chi connectivity index (χ4n) is 2.27. The molecule has 0 fully saturated rings. The normalized spacial score (nSPS) is 15.6. The summed E-state index contributed by atoms with van der Waals surface area (Å²) in [6, 6.07) is 15.9. The van der Waals surface area contributed by atoms with Crippen LogP contribution < -0.4 is 10.0 Å². The molecule has 1 amide bonds. The van der Waals surface area contributed by atoms with Crippen LogP contribution in [0.4, 0.5) is 0 Å². The molecule has 1 aliphatic rings. The number of rotatable bonds is 3. The van der Waals surface area contributed by atoms with Crippen LogP contribution >= 0.6 is 0 Å². The second kappa shape index (κ2) is 7.20. The lowest BCUT2D eigenvalue weighted by Crippen LogP contribution is -2.28. The Balaban J connectivity index is 1.58. The fourth-order valence-corrected chi connectivity index (χ4v) is 3.52. The van der Waals surface area contributed by atoms with E-state index in [0.717, 1.165) is 5.56 Å². The maximum absolute atomic E-state index is 11.9. The van der Waals surface area contributed by atoms with Gasteiger partial charge in [0.25, 0.3) is 10.0 Å². The SMILES string of the molecule is O=C(CN=C1NS(=O)(=O)c2ccccc21)NCC#Cc1ccccc1. The predicted octanol–water partition coefficient (Wildman–Crippen LogP) is 0.893. The van der Waals surface area contributed by atoms with Crippen molar-refractivity contribution in [1.82, 2.24) is 10.0 Å². The lowest BCUT2D eigenvalue weighted by Gasteiger charge is -2.00. The fraction of sp³-hybridized carbons (Fsp3) is 0.111. The first kappa shape index (κ1) is 16.7. The van der Waals surface area contributed by atoms with Crippen molar-refractivity contribution in [2.75, 3.05) is 13.1 Å². The monoisotopic (exact) mass is 353 g/mol. The third kappa shape index (κ3) is 4.05. The Bertz CT molecular complexity index is 987. The topological polar surface area (TPSA) is 87.6 Å². The summed E-state index contributed by atoms with van der Waals surface area (Å²) in [6.45, 7) is 0.0140. The molecule has 6 nitrogen and oxygen atoms in total. The van der Waals surface area contributed by atoms with E-state index in [0.29, 0.717) is 5.56 Å². The van der Waals surface area contributed by atoms with Gasteiger partial charge >= 0.3 is 0 Å². The minimum absolute atomic E-state index is 0.169. The Hall–Kier alpha value is -3.11. The molecule has 0 saturated heterocycles. The van der Waals surface area contributed by atoms with Gasteiger partial charge in [0, 0.05) is 11.1 Å². The minimum atomic E-state index is -3.59. The molecular weight excluding hydrogens is 338 g/mol. The van der Waals surface area contributed by atoms with Crippen molar-refractivity contribution in [3.8, 4) is 11.8 Å². The lowest BCUT2D eigenvalue weighted by molar-refractivity contribution is -0.119. The maximum atomic E-state index is 11.9. The van der Waals surface area contributed by atoms with E-state index in [9.17, 15) is 13.2 Å². The standard InChI is InChI=1S/C18H15N3O3S/c22-17(19-12-6-9-14-7-2-1-3-8-14)13-20-18-15-10-4-5-11-16(15)25(23,24)21-18/h1-5,7-8,10-11H,12-13H2,(H,19,22)(H,20,21). The second-order valence-electron chi connectivity index (χ2n) is 5.21. The summed E-state index contributed by atoms with van der Waals surface area (Å²) in [5.41, 5.74) is 1.34. The maximum Gasteiger partial charge on any atom is 0.263 e. The number of aliphatic imine (C=N–C) groups is 1. The van der Waals surface area contributed by atoms with Crippen LogP contribution in [0.15, 0.2) is 64.5 Å². The Kier molecular flexibility index (Phi) is 4.82. The predicted molar refractivity (Wildman–Crippen MR) is 94.5 cm³/mol. The Morgan fingerprint density at radius 3 is 2.60 bits per heavy atom. The number of benzene rings is 2. The highest BCUT2D eigenvalue weighted by molar-refractivity contribution is 7.90. The summed E-state index contributed by atoms with van der Waals surface area (Å²) < 4.78 is 26.2. The molecule has 0 saturated carbocycles. The highest BCUT2D eigenvalue weighted by Crippen LogP contribution is 2.21. The van der Waals surface area contributed by atoms with E-state index in [1.165, 1.54) is 6.07 Å². The molecule has 0 radical (unpaired) electrons. The molecule has 7 heteroatoms. The molecule has 1 aliphatic heterocycles. The number of hydrogen-bond donors (Lipinski definition) is 2. The van der Waals surface area contributed by atoms with E-state index < -0.39 is 10.0 Å². The molecule has 0 aromatic heterocycles. The van der Waals surface area contributed by atoms with Gasteiger partial charge in [-0.05, 0) is 24.3 Å². The van der Waals surface area contributed by atoms with Crippen molar-refractivity contribution in [1.29, 1.82) is 0 Å². The average Bonchev–Trinajstić information content (AvgIpc) is 2.89. The third-order valence-corrected chi connectivity index (χ3v) is 4.82. The quantitative estimate of drug-likeness (QED) is 0.804. The molecule has 0 bridgehead atoms. The molecule has 2 aromatic carbocycles. The van der Waals surface area contributed by atoms with Crippen molar-refractivity contribution in [2.24, 2.45) is 4.99 Å². The van der Waals surface area contributed by atoms with Crippen LogP contribution in [0.25, 0.3) is 0 Å². The minimum Gasteiger partial charge on any atom is -0.344 e. The number of nitrogens with zero attached hydrogens (tertiary/aromatic N) is 1. The number of amidine groups is 1. The Labute approximate surface area is 146 Å². The molecule has 2 aromatic rings. The van der Waals surface area contributed by atoms with E-state index >= 15 is 0 Å². The summed E-state index contributed by atoms with van der Waals surface area (Å²) in [7, 11) is -3.59. The molecule has 0 spiro atoms. The molecule has 0 atom stereocenters. The van der Waals surface area contributed by atoms with Crippen LogP contribution in [0.5, 0.6) is 0 Å². The summed E-state index contributed by atoms with van der Waals surface area (Å²) in [5.74, 6) is 5.62. The van der Waals surface area contributed by atoms with Gasteiger partial charge in [-0.15, -0.1) is 0 Å². The number of carbonyl (C=O) groups excluding carboxylic acids is 1. The zero-order valence-electron chi connectivity index (χ0n) is 13.2.